The molecule has 240 valence electrons. The second-order valence-electron chi connectivity index (χ2n) is 15.1. The fourth-order valence-corrected chi connectivity index (χ4v) is 9.60. The summed E-state index contributed by atoms with van der Waals surface area (Å²) >= 11 is 0. The molecule has 0 N–H and O–H groups in total. The molecule has 6 aliphatic rings. The summed E-state index contributed by atoms with van der Waals surface area (Å²) in [5.74, 6) is 1.66. The summed E-state index contributed by atoms with van der Waals surface area (Å²) in [4.78, 5) is 2.59. The highest BCUT2D eigenvalue weighted by molar-refractivity contribution is 5.89. The lowest BCUT2D eigenvalue weighted by atomic mass is 9.74. The Kier molecular flexibility index (Phi) is 6.47. The average molecular weight is 636 g/mol. The van der Waals surface area contributed by atoms with E-state index in [2.05, 4.69) is 152 Å². The number of nitrogens with zero attached hydrogens (tertiary/aromatic N) is 1. The summed E-state index contributed by atoms with van der Waals surface area (Å²) < 4.78 is 6.75. The van der Waals surface area contributed by atoms with Gasteiger partial charge in [0.15, 0.2) is 0 Å². The molecule has 4 aromatic carbocycles. The van der Waals surface area contributed by atoms with E-state index in [1.165, 1.54) is 72.4 Å². The summed E-state index contributed by atoms with van der Waals surface area (Å²) in [6.45, 7) is 4.88. The van der Waals surface area contributed by atoms with Crippen molar-refractivity contribution in [3.63, 3.8) is 0 Å². The fourth-order valence-electron chi connectivity index (χ4n) is 9.60. The van der Waals surface area contributed by atoms with E-state index in [1.54, 1.807) is 0 Å². The van der Waals surface area contributed by atoms with Crippen LogP contribution < -0.4 is 4.74 Å². The van der Waals surface area contributed by atoms with Crippen LogP contribution in [0.3, 0.4) is 0 Å². The lowest BCUT2D eigenvalue weighted by Crippen LogP contribution is -2.30. The summed E-state index contributed by atoms with van der Waals surface area (Å²) in [5.41, 5.74) is 15.5. The topological polar surface area (TPSA) is 12.5 Å². The standard InChI is InChI=1S/C47H41NO/c1-47(2)40-15-8-7-14-38(40)46-41(47)16-9-17-42(46)48(35-23-20-31(21-24-35)34-19-18-30-10-3-4-12-33(30)28-34)36-25-26-39-44(29-36)49-43-27-22-32-11-5-6-13-37(32)45(39)43/h3-15,17,20,22-23,25-29,39,41,44H,16,18-19,21,24H2,1-2H3. The van der Waals surface area contributed by atoms with Gasteiger partial charge in [0.1, 0.15) is 11.9 Å². The zero-order chi connectivity index (χ0) is 32.7. The van der Waals surface area contributed by atoms with Crippen molar-refractivity contribution in [2.24, 2.45) is 5.92 Å². The van der Waals surface area contributed by atoms with Crippen molar-refractivity contribution >= 4 is 22.4 Å². The van der Waals surface area contributed by atoms with Crippen LogP contribution in [-0.2, 0) is 11.8 Å². The SMILES string of the molecule is CC1(C)c2ccccc2C2=C(N(C3=CC4Oc5ccc6ccccc6c5C4C=C3)C3=CC=C(C4=Cc5ccccc5CC4)CC3)C=CCC21. The molecular weight excluding hydrogens is 595 g/mol. The van der Waals surface area contributed by atoms with Crippen molar-refractivity contribution in [2.75, 3.05) is 0 Å². The van der Waals surface area contributed by atoms with Gasteiger partial charge in [-0.25, -0.2) is 0 Å². The summed E-state index contributed by atoms with van der Waals surface area (Å²) in [7, 11) is 0. The van der Waals surface area contributed by atoms with Crippen LogP contribution in [0.25, 0.3) is 22.4 Å². The Labute approximate surface area is 289 Å². The first-order chi connectivity index (χ1) is 24.0. The zero-order valence-electron chi connectivity index (χ0n) is 28.3. The molecule has 1 heterocycles. The molecule has 49 heavy (non-hydrogen) atoms. The number of allylic oxidation sites excluding steroid dienone is 9. The highest BCUT2D eigenvalue weighted by Gasteiger charge is 2.45. The van der Waals surface area contributed by atoms with Gasteiger partial charge in [-0.2, -0.15) is 0 Å². The Morgan fingerprint density at radius 2 is 1.61 bits per heavy atom. The normalized spacial score (nSPS) is 24.1. The van der Waals surface area contributed by atoms with E-state index in [1.807, 2.05) is 0 Å². The number of rotatable bonds is 4. The lowest BCUT2D eigenvalue weighted by molar-refractivity contribution is 0.264. The first-order valence-electron chi connectivity index (χ1n) is 18.1. The first-order valence-corrected chi connectivity index (χ1v) is 18.1. The predicted molar refractivity (Wildman–Crippen MR) is 202 cm³/mol. The highest BCUT2D eigenvalue weighted by atomic mass is 16.5. The molecule has 1 aliphatic heterocycles. The van der Waals surface area contributed by atoms with E-state index in [-0.39, 0.29) is 17.4 Å². The molecule has 3 atom stereocenters. The predicted octanol–water partition coefficient (Wildman–Crippen LogP) is 11.4. The van der Waals surface area contributed by atoms with Crippen LogP contribution in [0, 0.1) is 5.92 Å². The van der Waals surface area contributed by atoms with Crippen LogP contribution in [-0.4, -0.2) is 11.0 Å². The number of hydrogen-bond acceptors (Lipinski definition) is 2. The quantitative estimate of drug-likeness (QED) is 0.221. The van der Waals surface area contributed by atoms with E-state index in [9.17, 15) is 0 Å². The number of ether oxygens (including phenoxy) is 1. The van der Waals surface area contributed by atoms with E-state index in [4.69, 9.17) is 4.74 Å². The first kappa shape index (κ1) is 28.9. The molecule has 3 unspecified atom stereocenters. The largest absolute Gasteiger partial charge is 0.485 e. The molecule has 0 radical (unpaired) electrons. The maximum Gasteiger partial charge on any atom is 0.130 e. The smallest absolute Gasteiger partial charge is 0.130 e. The van der Waals surface area contributed by atoms with E-state index < -0.39 is 0 Å². The van der Waals surface area contributed by atoms with Crippen LogP contribution in [0.2, 0.25) is 0 Å². The maximum absolute atomic E-state index is 6.75. The molecule has 0 bridgehead atoms. The molecule has 0 saturated carbocycles. The van der Waals surface area contributed by atoms with Crippen molar-refractivity contribution in [2.45, 2.75) is 63.4 Å². The molecule has 10 rings (SSSR count). The molecule has 4 aromatic rings. The Morgan fingerprint density at radius 1 is 0.776 bits per heavy atom. The molecule has 5 aliphatic carbocycles. The second kappa shape index (κ2) is 11.0. The van der Waals surface area contributed by atoms with Crippen molar-refractivity contribution in [3.05, 3.63) is 184 Å². The van der Waals surface area contributed by atoms with Gasteiger partial charge in [-0.3, -0.25) is 0 Å². The molecule has 2 heteroatoms. The zero-order valence-corrected chi connectivity index (χ0v) is 28.3. The monoisotopic (exact) mass is 635 g/mol. The van der Waals surface area contributed by atoms with Gasteiger partial charge in [-0.05, 0) is 124 Å². The van der Waals surface area contributed by atoms with E-state index in [0.29, 0.717) is 5.92 Å². The Balaban J connectivity index is 1.09. The molecule has 2 nitrogen and oxygen atoms in total. The minimum absolute atomic E-state index is 0.0349. The Bertz CT molecular complexity index is 2280. The van der Waals surface area contributed by atoms with E-state index in [0.717, 1.165) is 37.9 Å². The minimum atomic E-state index is -0.0349. The summed E-state index contributed by atoms with van der Waals surface area (Å²) in [5, 5.41) is 2.57. The second-order valence-corrected chi connectivity index (χ2v) is 15.1. The van der Waals surface area contributed by atoms with Crippen LogP contribution in [0.5, 0.6) is 5.75 Å². The molecule has 0 saturated heterocycles. The van der Waals surface area contributed by atoms with Crippen molar-refractivity contribution in [3.8, 4) is 5.75 Å². The third-order valence-electron chi connectivity index (χ3n) is 12.1. The van der Waals surface area contributed by atoms with Gasteiger partial charge in [0.2, 0.25) is 0 Å². The van der Waals surface area contributed by atoms with Crippen LogP contribution in [0.1, 0.15) is 73.3 Å². The summed E-state index contributed by atoms with van der Waals surface area (Å²) in [6, 6.07) is 31.1. The van der Waals surface area contributed by atoms with Gasteiger partial charge in [-0.15, -0.1) is 0 Å². The van der Waals surface area contributed by atoms with Crippen LogP contribution in [0.15, 0.2) is 156 Å². The average Bonchev–Trinajstić information content (AvgIpc) is 3.64. The van der Waals surface area contributed by atoms with Crippen molar-refractivity contribution in [1.29, 1.82) is 0 Å². The molecule has 0 amide bonds. The van der Waals surface area contributed by atoms with Crippen LogP contribution >= 0.6 is 0 Å². The third kappa shape index (κ3) is 4.46. The van der Waals surface area contributed by atoms with Crippen molar-refractivity contribution < 1.29 is 4.74 Å². The van der Waals surface area contributed by atoms with Gasteiger partial charge >= 0.3 is 0 Å². The van der Waals surface area contributed by atoms with Gasteiger partial charge in [0, 0.05) is 28.6 Å². The highest BCUT2D eigenvalue weighted by Crippen LogP contribution is 2.56. The number of fused-ring (bicyclic) bond motifs is 9. The summed E-state index contributed by atoms with van der Waals surface area (Å²) in [6.07, 6.45) is 24.6. The fraction of sp³-hybridized carbons (Fsp3) is 0.234. The maximum atomic E-state index is 6.75. The molecule has 0 fully saturated rings. The Morgan fingerprint density at radius 3 is 2.53 bits per heavy atom. The third-order valence-corrected chi connectivity index (χ3v) is 12.1. The number of aryl methyl sites for hydroxylation is 1. The lowest BCUT2D eigenvalue weighted by Gasteiger charge is -2.38. The van der Waals surface area contributed by atoms with Gasteiger partial charge in [0.25, 0.3) is 0 Å². The van der Waals surface area contributed by atoms with Crippen LogP contribution in [0.4, 0.5) is 0 Å². The van der Waals surface area contributed by atoms with Gasteiger partial charge < -0.3 is 9.64 Å². The molecular formula is C47H41NO. The van der Waals surface area contributed by atoms with Gasteiger partial charge in [0.05, 0.1) is 0 Å². The number of benzene rings is 4. The minimum Gasteiger partial charge on any atom is -0.485 e. The number of hydrogen-bond donors (Lipinski definition) is 0. The Hall–Kier alpha value is -5.08. The van der Waals surface area contributed by atoms with Crippen molar-refractivity contribution in [1.82, 2.24) is 4.90 Å². The van der Waals surface area contributed by atoms with E-state index >= 15 is 0 Å². The molecule has 0 aromatic heterocycles. The van der Waals surface area contributed by atoms with Gasteiger partial charge in [-0.1, -0.05) is 117 Å². The molecule has 0 spiro atoms.